The highest BCUT2D eigenvalue weighted by molar-refractivity contribution is 5.70. The van der Waals surface area contributed by atoms with Crippen LogP contribution in [0.2, 0.25) is 0 Å². The molecule has 3 rings (SSSR count). The highest BCUT2D eigenvalue weighted by Gasteiger charge is 2.23. The molecule has 1 aromatic carbocycles. The standard InChI is InChI=1S/C16H21N3O/c1-3-19-10-9-14-13(11-19)16(18-17-14)12-7-5-6-8-15(12)20-4-2/h5-8H,3-4,9-11H2,1-2H3,(H,17,18). The van der Waals surface area contributed by atoms with E-state index in [1.54, 1.807) is 0 Å². The zero-order chi connectivity index (χ0) is 13.9. The third-order valence-electron chi connectivity index (χ3n) is 3.90. The molecule has 2 aromatic rings. The fourth-order valence-electron chi connectivity index (χ4n) is 2.79. The van der Waals surface area contributed by atoms with Gasteiger partial charge in [-0.25, -0.2) is 0 Å². The predicted molar refractivity (Wildman–Crippen MR) is 79.8 cm³/mol. The first kappa shape index (κ1) is 13.2. The van der Waals surface area contributed by atoms with Crippen LogP contribution in [0, 0.1) is 0 Å². The first-order chi connectivity index (χ1) is 9.83. The van der Waals surface area contributed by atoms with E-state index in [2.05, 4.69) is 28.1 Å². The van der Waals surface area contributed by atoms with E-state index in [9.17, 15) is 0 Å². The summed E-state index contributed by atoms with van der Waals surface area (Å²) in [6.07, 6.45) is 1.05. The summed E-state index contributed by atoms with van der Waals surface area (Å²) < 4.78 is 5.74. The third-order valence-corrected chi connectivity index (χ3v) is 3.90. The SMILES string of the molecule is CCOc1ccccc1-c1n[nH]c2c1CN(CC)CC2. The summed E-state index contributed by atoms with van der Waals surface area (Å²) >= 11 is 0. The minimum Gasteiger partial charge on any atom is -0.493 e. The lowest BCUT2D eigenvalue weighted by atomic mass is 10.0. The summed E-state index contributed by atoms with van der Waals surface area (Å²) in [5.41, 5.74) is 4.73. The number of benzene rings is 1. The number of aromatic amines is 1. The molecule has 106 valence electrons. The van der Waals surface area contributed by atoms with Crippen molar-refractivity contribution in [2.75, 3.05) is 19.7 Å². The Balaban J connectivity index is 2.02. The Bertz CT molecular complexity index is 591. The van der Waals surface area contributed by atoms with Gasteiger partial charge in [0.15, 0.2) is 0 Å². The molecule has 0 atom stereocenters. The van der Waals surface area contributed by atoms with Crippen molar-refractivity contribution >= 4 is 0 Å². The minimum atomic E-state index is 0.671. The van der Waals surface area contributed by atoms with Gasteiger partial charge < -0.3 is 4.74 Å². The van der Waals surface area contributed by atoms with Gasteiger partial charge in [-0.2, -0.15) is 5.10 Å². The van der Waals surface area contributed by atoms with Crippen LogP contribution in [0.5, 0.6) is 5.75 Å². The van der Waals surface area contributed by atoms with Gasteiger partial charge in [-0.15, -0.1) is 0 Å². The van der Waals surface area contributed by atoms with Crippen LogP contribution in [0.1, 0.15) is 25.1 Å². The van der Waals surface area contributed by atoms with Crippen molar-refractivity contribution in [3.8, 4) is 17.0 Å². The molecule has 1 aromatic heterocycles. The Hall–Kier alpha value is -1.81. The maximum atomic E-state index is 5.74. The van der Waals surface area contributed by atoms with E-state index in [4.69, 9.17) is 4.74 Å². The quantitative estimate of drug-likeness (QED) is 0.929. The van der Waals surface area contributed by atoms with Gasteiger partial charge in [0.05, 0.1) is 6.61 Å². The van der Waals surface area contributed by atoms with Crippen LogP contribution in [-0.2, 0) is 13.0 Å². The first-order valence-electron chi connectivity index (χ1n) is 7.34. The zero-order valence-electron chi connectivity index (χ0n) is 12.1. The molecular weight excluding hydrogens is 250 g/mol. The van der Waals surface area contributed by atoms with E-state index < -0.39 is 0 Å². The van der Waals surface area contributed by atoms with E-state index in [0.717, 1.165) is 43.1 Å². The number of fused-ring (bicyclic) bond motifs is 1. The van der Waals surface area contributed by atoms with Crippen molar-refractivity contribution in [1.82, 2.24) is 15.1 Å². The molecule has 20 heavy (non-hydrogen) atoms. The lowest BCUT2D eigenvalue weighted by Crippen LogP contribution is -2.30. The molecule has 1 aliphatic heterocycles. The van der Waals surface area contributed by atoms with Crippen molar-refractivity contribution in [1.29, 1.82) is 0 Å². The third kappa shape index (κ3) is 2.31. The number of nitrogens with one attached hydrogen (secondary N) is 1. The molecule has 1 aliphatic rings. The second-order valence-electron chi connectivity index (χ2n) is 5.08. The Labute approximate surface area is 119 Å². The van der Waals surface area contributed by atoms with E-state index in [1.807, 2.05) is 25.1 Å². The van der Waals surface area contributed by atoms with Crippen LogP contribution in [0.4, 0.5) is 0 Å². The number of aromatic nitrogens is 2. The second kappa shape index (κ2) is 5.67. The highest BCUT2D eigenvalue weighted by atomic mass is 16.5. The first-order valence-corrected chi connectivity index (χ1v) is 7.34. The molecule has 0 fully saturated rings. The number of H-pyrrole nitrogens is 1. The number of rotatable bonds is 4. The molecular formula is C16H21N3O. The number of nitrogens with zero attached hydrogens (tertiary/aromatic N) is 2. The van der Waals surface area contributed by atoms with Gasteiger partial charge in [-0.3, -0.25) is 10.00 Å². The molecule has 0 spiro atoms. The van der Waals surface area contributed by atoms with Gasteiger partial charge in [-0.1, -0.05) is 19.1 Å². The van der Waals surface area contributed by atoms with Crippen LogP contribution in [0.3, 0.4) is 0 Å². The molecule has 0 radical (unpaired) electrons. The number of ether oxygens (including phenoxy) is 1. The fraction of sp³-hybridized carbons (Fsp3) is 0.438. The molecule has 1 N–H and O–H groups in total. The average molecular weight is 271 g/mol. The van der Waals surface area contributed by atoms with Gasteiger partial charge >= 0.3 is 0 Å². The summed E-state index contributed by atoms with van der Waals surface area (Å²) in [5, 5.41) is 7.75. The molecule has 4 nitrogen and oxygen atoms in total. The van der Waals surface area contributed by atoms with Crippen LogP contribution in [0.15, 0.2) is 24.3 Å². The summed E-state index contributed by atoms with van der Waals surface area (Å²) in [4.78, 5) is 2.45. The number of hydrogen-bond acceptors (Lipinski definition) is 3. The van der Waals surface area contributed by atoms with Gasteiger partial charge in [0.2, 0.25) is 0 Å². The lowest BCUT2D eigenvalue weighted by Gasteiger charge is -2.25. The predicted octanol–water partition coefficient (Wildman–Crippen LogP) is 2.85. The van der Waals surface area contributed by atoms with Crippen LogP contribution in [-0.4, -0.2) is 34.8 Å². The summed E-state index contributed by atoms with van der Waals surface area (Å²) in [5.74, 6) is 0.915. The number of hydrogen-bond donors (Lipinski definition) is 1. The van der Waals surface area contributed by atoms with Crippen LogP contribution < -0.4 is 4.74 Å². The van der Waals surface area contributed by atoms with E-state index >= 15 is 0 Å². The van der Waals surface area contributed by atoms with Crippen molar-refractivity contribution in [3.05, 3.63) is 35.5 Å². The molecule has 0 bridgehead atoms. The molecule has 0 aliphatic carbocycles. The average Bonchev–Trinajstić information content (AvgIpc) is 2.91. The molecule has 2 heterocycles. The molecule has 0 amide bonds. The van der Waals surface area contributed by atoms with E-state index in [0.29, 0.717) is 6.61 Å². The Morgan fingerprint density at radius 3 is 2.95 bits per heavy atom. The largest absolute Gasteiger partial charge is 0.493 e. The zero-order valence-corrected chi connectivity index (χ0v) is 12.1. The van der Waals surface area contributed by atoms with Crippen LogP contribution in [0.25, 0.3) is 11.3 Å². The maximum Gasteiger partial charge on any atom is 0.128 e. The van der Waals surface area contributed by atoms with E-state index in [1.165, 1.54) is 11.3 Å². The minimum absolute atomic E-state index is 0.671. The maximum absolute atomic E-state index is 5.74. The van der Waals surface area contributed by atoms with Crippen molar-refractivity contribution < 1.29 is 4.74 Å². The van der Waals surface area contributed by atoms with Crippen molar-refractivity contribution in [2.24, 2.45) is 0 Å². The second-order valence-corrected chi connectivity index (χ2v) is 5.08. The Morgan fingerprint density at radius 2 is 2.15 bits per heavy atom. The van der Waals surface area contributed by atoms with Gasteiger partial charge in [0.1, 0.15) is 11.4 Å². The molecule has 0 saturated carbocycles. The van der Waals surface area contributed by atoms with Crippen molar-refractivity contribution in [2.45, 2.75) is 26.8 Å². The molecule has 0 unspecified atom stereocenters. The van der Waals surface area contributed by atoms with Gasteiger partial charge in [0.25, 0.3) is 0 Å². The smallest absolute Gasteiger partial charge is 0.128 e. The molecule has 4 heteroatoms. The van der Waals surface area contributed by atoms with Gasteiger partial charge in [0, 0.05) is 36.3 Å². The van der Waals surface area contributed by atoms with Crippen LogP contribution >= 0.6 is 0 Å². The number of likely N-dealkylation sites (N-methyl/N-ethyl adjacent to an activating group) is 1. The van der Waals surface area contributed by atoms with Gasteiger partial charge in [-0.05, 0) is 25.6 Å². The normalized spacial score (nSPS) is 15.1. The summed E-state index contributed by atoms with van der Waals surface area (Å²) in [6.45, 7) is 8.05. The summed E-state index contributed by atoms with van der Waals surface area (Å²) in [7, 11) is 0. The topological polar surface area (TPSA) is 41.1 Å². The fourth-order valence-corrected chi connectivity index (χ4v) is 2.79. The number of para-hydroxylation sites is 1. The van der Waals surface area contributed by atoms with E-state index in [-0.39, 0.29) is 0 Å². The Morgan fingerprint density at radius 1 is 1.30 bits per heavy atom. The molecule has 0 saturated heterocycles. The summed E-state index contributed by atoms with van der Waals surface area (Å²) in [6, 6.07) is 8.15. The monoisotopic (exact) mass is 271 g/mol. The Kier molecular flexibility index (Phi) is 3.74. The lowest BCUT2D eigenvalue weighted by molar-refractivity contribution is 0.267. The highest BCUT2D eigenvalue weighted by Crippen LogP contribution is 2.34. The van der Waals surface area contributed by atoms with Crippen molar-refractivity contribution in [3.63, 3.8) is 0 Å².